The van der Waals surface area contributed by atoms with Gasteiger partial charge in [0.2, 0.25) is 11.9 Å². The summed E-state index contributed by atoms with van der Waals surface area (Å²) in [4.78, 5) is 36.2. The van der Waals surface area contributed by atoms with Gasteiger partial charge in [0, 0.05) is 29.7 Å². The van der Waals surface area contributed by atoms with Crippen molar-refractivity contribution in [3.05, 3.63) is 89.5 Å². The van der Waals surface area contributed by atoms with Crippen molar-refractivity contribution in [3.63, 3.8) is 0 Å². The van der Waals surface area contributed by atoms with E-state index in [0.717, 1.165) is 35.4 Å². The fraction of sp³-hybridized carbons (Fsp3) is 0.185. The second kappa shape index (κ2) is 9.65. The molecule has 0 radical (unpaired) electrons. The molecule has 7 heteroatoms. The number of carbonyl (C=O) groups excluding carboxylic acids is 2. The zero-order valence-electron chi connectivity index (χ0n) is 18.8. The highest BCUT2D eigenvalue weighted by Crippen LogP contribution is 2.30. The second-order valence-electron chi connectivity index (χ2n) is 8.26. The number of rotatable bonds is 6. The number of ketones is 1. The van der Waals surface area contributed by atoms with Crippen LogP contribution in [-0.4, -0.2) is 34.0 Å². The molecule has 5 rings (SSSR count). The SMILES string of the molecule is CC(=O)c1cccc(NC(=O)CSc2nc(N3CCc4ccccc4C3)nc3ccccc23)c1. The van der Waals surface area contributed by atoms with Crippen LogP contribution in [0.2, 0.25) is 0 Å². The number of Topliss-reactive ketones (excluding diaryl/α,β-unsaturated/α-hetero) is 1. The van der Waals surface area contributed by atoms with Gasteiger partial charge in [0.1, 0.15) is 5.03 Å². The van der Waals surface area contributed by atoms with Crippen LogP contribution in [0.15, 0.2) is 77.8 Å². The summed E-state index contributed by atoms with van der Waals surface area (Å²) in [6.45, 7) is 3.13. The summed E-state index contributed by atoms with van der Waals surface area (Å²) < 4.78 is 0. The third-order valence-corrected chi connectivity index (χ3v) is 6.85. The summed E-state index contributed by atoms with van der Waals surface area (Å²) in [7, 11) is 0. The molecule has 0 fully saturated rings. The molecule has 1 aliphatic heterocycles. The fourth-order valence-electron chi connectivity index (χ4n) is 4.10. The Morgan fingerprint density at radius 3 is 2.62 bits per heavy atom. The number of amides is 1. The first-order chi connectivity index (χ1) is 16.6. The minimum absolute atomic E-state index is 0.0363. The minimum Gasteiger partial charge on any atom is -0.336 e. The van der Waals surface area contributed by atoms with Crippen molar-refractivity contribution in [1.82, 2.24) is 9.97 Å². The van der Waals surface area contributed by atoms with Gasteiger partial charge in [-0.1, -0.05) is 66.4 Å². The number of thioether (sulfide) groups is 1. The predicted octanol–water partition coefficient (Wildman–Crippen LogP) is 5.13. The summed E-state index contributed by atoms with van der Waals surface area (Å²) >= 11 is 1.39. The Hall–Kier alpha value is -3.71. The van der Waals surface area contributed by atoms with Crippen LogP contribution in [0.25, 0.3) is 10.9 Å². The lowest BCUT2D eigenvalue weighted by molar-refractivity contribution is -0.113. The van der Waals surface area contributed by atoms with Crippen LogP contribution < -0.4 is 10.2 Å². The topological polar surface area (TPSA) is 75.2 Å². The molecule has 2 heterocycles. The van der Waals surface area contributed by atoms with Crippen molar-refractivity contribution in [2.75, 3.05) is 22.5 Å². The number of nitrogens with zero attached hydrogens (tertiary/aromatic N) is 3. The summed E-state index contributed by atoms with van der Waals surface area (Å²) in [6.07, 6.45) is 0.955. The normalized spacial score (nSPS) is 12.9. The zero-order valence-corrected chi connectivity index (χ0v) is 19.6. The van der Waals surface area contributed by atoms with Crippen molar-refractivity contribution in [2.24, 2.45) is 0 Å². The molecule has 6 nitrogen and oxygen atoms in total. The quantitative estimate of drug-likeness (QED) is 0.240. The molecule has 0 bridgehead atoms. The Bertz CT molecular complexity index is 1390. The second-order valence-corrected chi connectivity index (χ2v) is 9.22. The largest absolute Gasteiger partial charge is 0.336 e. The molecule has 0 spiro atoms. The molecular weight excluding hydrogens is 444 g/mol. The third-order valence-electron chi connectivity index (χ3n) is 5.86. The van der Waals surface area contributed by atoms with E-state index in [4.69, 9.17) is 9.97 Å². The van der Waals surface area contributed by atoms with E-state index in [9.17, 15) is 9.59 Å². The lowest BCUT2D eigenvalue weighted by Crippen LogP contribution is -2.31. The predicted molar refractivity (Wildman–Crippen MR) is 137 cm³/mol. The van der Waals surface area contributed by atoms with Crippen LogP contribution in [-0.2, 0) is 17.8 Å². The molecule has 0 atom stereocenters. The monoisotopic (exact) mass is 468 g/mol. The van der Waals surface area contributed by atoms with Gasteiger partial charge in [0.05, 0.1) is 11.3 Å². The molecule has 1 amide bonds. The highest BCUT2D eigenvalue weighted by molar-refractivity contribution is 8.00. The molecule has 1 aromatic heterocycles. The summed E-state index contributed by atoms with van der Waals surface area (Å²) in [6, 6.07) is 23.3. The van der Waals surface area contributed by atoms with Gasteiger partial charge in [0.25, 0.3) is 0 Å². The van der Waals surface area contributed by atoms with E-state index in [1.165, 1.54) is 29.8 Å². The molecule has 0 saturated heterocycles. The van der Waals surface area contributed by atoms with E-state index in [1.807, 2.05) is 24.3 Å². The van der Waals surface area contributed by atoms with E-state index in [1.54, 1.807) is 24.3 Å². The van der Waals surface area contributed by atoms with E-state index in [2.05, 4.69) is 34.5 Å². The number of benzene rings is 3. The number of nitrogens with one attached hydrogen (secondary N) is 1. The smallest absolute Gasteiger partial charge is 0.234 e. The molecule has 1 N–H and O–H groups in total. The number of para-hydroxylation sites is 1. The molecule has 34 heavy (non-hydrogen) atoms. The van der Waals surface area contributed by atoms with Crippen LogP contribution >= 0.6 is 11.8 Å². The Morgan fingerprint density at radius 1 is 0.971 bits per heavy atom. The lowest BCUT2D eigenvalue weighted by atomic mass is 10.0. The number of fused-ring (bicyclic) bond motifs is 2. The minimum atomic E-state index is -0.151. The Labute approximate surface area is 202 Å². The van der Waals surface area contributed by atoms with Crippen molar-refractivity contribution in [2.45, 2.75) is 24.9 Å². The van der Waals surface area contributed by atoms with Crippen LogP contribution in [0.5, 0.6) is 0 Å². The van der Waals surface area contributed by atoms with Crippen LogP contribution in [0.1, 0.15) is 28.4 Å². The first-order valence-electron chi connectivity index (χ1n) is 11.2. The molecule has 3 aromatic carbocycles. The summed E-state index contributed by atoms with van der Waals surface area (Å²) in [5, 5.41) is 4.59. The third kappa shape index (κ3) is 4.79. The van der Waals surface area contributed by atoms with Gasteiger partial charge in [-0.3, -0.25) is 9.59 Å². The molecule has 170 valence electrons. The van der Waals surface area contributed by atoms with Crippen molar-refractivity contribution < 1.29 is 9.59 Å². The zero-order chi connectivity index (χ0) is 23.5. The maximum absolute atomic E-state index is 12.7. The lowest BCUT2D eigenvalue weighted by Gasteiger charge is -2.29. The van der Waals surface area contributed by atoms with Gasteiger partial charge in [-0.2, -0.15) is 0 Å². The summed E-state index contributed by atoms with van der Waals surface area (Å²) in [5.41, 5.74) is 4.72. The van der Waals surface area contributed by atoms with E-state index in [0.29, 0.717) is 17.2 Å². The molecule has 0 unspecified atom stereocenters. The van der Waals surface area contributed by atoms with Crippen LogP contribution in [0.3, 0.4) is 0 Å². The van der Waals surface area contributed by atoms with Gasteiger partial charge in [-0.05, 0) is 42.7 Å². The maximum Gasteiger partial charge on any atom is 0.234 e. The van der Waals surface area contributed by atoms with Crippen molar-refractivity contribution in [1.29, 1.82) is 0 Å². The fourth-order valence-corrected chi connectivity index (χ4v) is 4.91. The summed E-state index contributed by atoms with van der Waals surface area (Å²) in [5.74, 6) is 0.700. The average Bonchev–Trinajstić information content (AvgIpc) is 2.87. The van der Waals surface area contributed by atoms with Gasteiger partial charge in [-0.25, -0.2) is 9.97 Å². The number of hydrogen-bond donors (Lipinski definition) is 1. The Morgan fingerprint density at radius 2 is 1.76 bits per heavy atom. The Kier molecular flexibility index (Phi) is 6.27. The van der Waals surface area contributed by atoms with Gasteiger partial charge < -0.3 is 10.2 Å². The number of hydrogen-bond acceptors (Lipinski definition) is 6. The van der Waals surface area contributed by atoms with E-state index >= 15 is 0 Å². The number of anilines is 2. The number of aromatic nitrogens is 2. The molecule has 4 aromatic rings. The first kappa shape index (κ1) is 22.1. The van der Waals surface area contributed by atoms with Crippen LogP contribution in [0.4, 0.5) is 11.6 Å². The van der Waals surface area contributed by atoms with E-state index < -0.39 is 0 Å². The van der Waals surface area contributed by atoms with Gasteiger partial charge in [-0.15, -0.1) is 0 Å². The standard InChI is InChI=1S/C27H24N4O2S/c1-18(32)20-9-6-10-22(15-20)28-25(33)17-34-26-23-11-4-5-12-24(23)29-27(30-26)31-14-13-19-7-2-3-8-21(19)16-31/h2-12,15H,13-14,16-17H2,1H3,(H,28,33). The van der Waals surface area contributed by atoms with Crippen LogP contribution in [0, 0.1) is 0 Å². The molecule has 1 aliphatic rings. The van der Waals surface area contributed by atoms with Gasteiger partial charge >= 0.3 is 0 Å². The number of carbonyl (C=O) groups is 2. The van der Waals surface area contributed by atoms with E-state index in [-0.39, 0.29) is 17.4 Å². The molecule has 0 aliphatic carbocycles. The molecular formula is C27H24N4O2S. The first-order valence-corrected chi connectivity index (χ1v) is 12.2. The highest BCUT2D eigenvalue weighted by Gasteiger charge is 2.20. The highest BCUT2D eigenvalue weighted by atomic mass is 32.2. The van der Waals surface area contributed by atoms with Gasteiger partial charge in [0.15, 0.2) is 5.78 Å². The maximum atomic E-state index is 12.7. The Balaban J connectivity index is 1.35. The average molecular weight is 469 g/mol. The van der Waals surface area contributed by atoms with Crippen molar-refractivity contribution >= 4 is 46.0 Å². The molecule has 0 saturated carbocycles. The van der Waals surface area contributed by atoms with Crippen molar-refractivity contribution in [3.8, 4) is 0 Å².